The molecule has 0 atom stereocenters. The van der Waals surface area contributed by atoms with Crippen LogP contribution in [0, 0.1) is 13.8 Å². The molecule has 0 unspecified atom stereocenters. The number of rotatable bonds is 3. The number of pyridine rings is 1. The number of aromatic nitrogens is 1. The van der Waals surface area contributed by atoms with Crippen LogP contribution in [0.5, 0.6) is 11.6 Å². The average Bonchev–Trinajstić information content (AvgIpc) is 2.30. The molecule has 0 bridgehead atoms. The second kappa shape index (κ2) is 5.40. The zero-order chi connectivity index (χ0) is 14.0. The molecule has 0 saturated carbocycles. The van der Waals surface area contributed by atoms with Crippen LogP contribution in [0.25, 0.3) is 0 Å². The predicted molar refractivity (Wildman–Crippen MR) is 74.9 cm³/mol. The number of aromatic carboxylic acids is 1. The summed E-state index contributed by atoms with van der Waals surface area (Å²) in [5, 5.41) is 9.25. The molecule has 4 nitrogen and oxygen atoms in total. The molecule has 5 heteroatoms. The summed E-state index contributed by atoms with van der Waals surface area (Å²) in [6.07, 6.45) is 0. The third-order valence-corrected chi connectivity index (χ3v) is 3.22. The molecule has 0 radical (unpaired) electrons. The SMILES string of the molecule is Cc1cc(C)c(C(=O)O)c(Oc2ccccc2Br)n1. The summed E-state index contributed by atoms with van der Waals surface area (Å²) in [6, 6.07) is 8.94. The van der Waals surface area contributed by atoms with Crippen molar-refractivity contribution in [3.05, 3.63) is 51.6 Å². The number of aryl methyl sites for hydroxylation is 2. The lowest BCUT2D eigenvalue weighted by atomic mass is 10.1. The Morgan fingerprint density at radius 3 is 2.63 bits per heavy atom. The highest BCUT2D eigenvalue weighted by atomic mass is 79.9. The van der Waals surface area contributed by atoms with Crippen molar-refractivity contribution in [2.75, 3.05) is 0 Å². The van der Waals surface area contributed by atoms with Gasteiger partial charge in [0.2, 0.25) is 5.88 Å². The highest BCUT2D eigenvalue weighted by Crippen LogP contribution is 2.31. The maximum Gasteiger partial charge on any atom is 0.341 e. The molecule has 1 heterocycles. The topological polar surface area (TPSA) is 59.4 Å². The van der Waals surface area contributed by atoms with Crippen molar-refractivity contribution >= 4 is 21.9 Å². The van der Waals surface area contributed by atoms with Crippen LogP contribution in [0.3, 0.4) is 0 Å². The van der Waals surface area contributed by atoms with E-state index in [0.717, 1.165) is 4.47 Å². The Hall–Kier alpha value is -1.88. The molecule has 0 spiro atoms. The highest BCUT2D eigenvalue weighted by Gasteiger charge is 2.18. The first-order valence-corrected chi connectivity index (χ1v) is 6.42. The predicted octanol–water partition coefficient (Wildman–Crippen LogP) is 3.95. The number of ether oxygens (including phenoxy) is 1. The first-order chi connectivity index (χ1) is 8.99. The van der Waals surface area contributed by atoms with E-state index in [9.17, 15) is 9.90 Å². The number of nitrogens with zero attached hydrogens (tertiary/aromatic N) is 1. The van der Waals surface area contributed by atoms with Gasteiger partial charge in [-0.05, 0) is 53.5 Å². The third-order valence-electron chi connectivity index (χ3n) is 2.57. The van der Waals surface area contributed by atoms with Crippen LogP contribution in [0.1, 0.15) is 21.6 Å². The van der Waals surface area contributed by atoms with Crippen molar-refractivity contribution in [3.8, 4) is 11.6 Å². The summed E-state index contributed by atoms with van der Waals surface area (Å²) in [5.74, 6) is -0.411. The zero-order valence-corrected chi connectivity index (χ0v) is 12.1. The number of carboxylic acid groups (broad SMARTS) is 1. The smallest absolute Gasteiger partial charge is 0.341 e. The van der Waals surface area contributed by atoms with Gasteiger partial charge in [0.05, 0.1) is 4.47 Å². The van der Waals surface area contributed by atoms with E-state index < -0.39 is 5.97 Å². The molecule has 0 amide bonds. The maximum atomic E-state index is 11.3. The Kier molecular flexibility index (Phi) is 3.85. The van der Waals surface area contributed by atoms with Crippen LogP contribution in [0.4, 0.5) is 0 Å². The fourth-order valence-corrected chi connectivity index (χ4v) is 2.13. The van der Waals surface area contributed by atoms with Gasteiger partial charge < -0.3 is 9.84 Å². The quantitative estimate of drug-likeness (QED) is 0.929. The van der Waals surface area contributed by atoms with E-state index >= 15 is 0 Å². The van der Waals surface area contributed by atoms with Gasteiger partial charge in [0.1, 0.15) is 11.3 Å². The van der Waals surface area contributed by atoms with Gasteiger partial charge in [-0.1, -0.05) is 12.1 Å². The minimum atomic E-state index is -1.05. The zero-order valence-electron chi connectivity index (χ0n) is 10.5. The van der Waals surface area contributed by atoms with Gasteiger partial charge in [0.25, 0.3) is 0 Å². The first kappa shape index (κ1) is 13.5. The van der Waals surface area contributed by atoms with Gasteiger partial charge in [0.15, 0.2) is 0 Å². The van der Waals surface area contributed by atoms with Gasteiger partial charge in [-0.3, -0.25) is 0 Å². The Morgan fingerprint density at radius 1 is 1.32 bits per heavy atom. The summed E-state index contributed by atoms with van der Waals surface area (Å²) < 4.78 is 6.37. The fourth-order valence-electron chi connectivity index (χ4n) is 1.77. The molecule has 0 aliphatic rings. The normalized spacial score (nSPS) is 10.3. The van der Waals surface area contributed by atoms with Crippen LogP contribution >= 0.6 is 15.9 Å². The van der Waals surface area contributed by atoms with Gasteiger partial charge in [-0.2, -0.15) is 0 Å². The van der Waals surface area contributed by atoms with Gasteiger partial charge in [-0.25, -0.2) is 9.78 Å². The number of carboxylic acids is 1. The second-order valence-corrected chi connectivity index (χ2v) is 4.95. The molecule has 19 heavy (non-hydrogen) atoms. The molecule has 0 aliphatic carbocycles. The Balaban J connectivity index is 2.51. The second-order valence-electron chi connectivity index (χ2n) is 4.10. The summed E-state index contributed by atoms with van der Waals surface area (Å²) in [6.45, 7) is 3.52. The van der Waals surface area contributed by atoms with Crippen LogP contribution in [-0.4, -0.2) is 16.1 Å². The largest absolute Gasteiger partial charge is 0.477 e. The van der Waals surface area contributed by atoms with Crippen LogP contribution < -0.4 is 4.74 Å². The molecule has 0 aliphatic heterocycles. The van der Waals surface area contributed by atoms with E-state index in [4.69, 9.17) is 4.74 Å². The molecule has 1 N–H and O–H groups in total. The number of halogens is 1. The maximum absolute atomic E-state index is 11.3. The Bertz CT molecular complexity index is 641. The molecule has 0 fully saturated rings. The van der Waals surface area contributed by atoms with Gasteiger partial charge in [0, 0.05) is 5.69 Å². The van der Waals surface area contributed by atoms with Gasteiger partial charge >= 0.3 is 5.97 Å². The average molecular weight is 322 g/mol. The summed E-state index contributed by atoms with van der Waals surface area (Å²) >= 11 is 3.35. The van der Waals surface area contributed by atoms with Crippen molar-refractivity contribution in [1.29, 1.82) is 0 Å². The minimum Gasteiger partial charge on any atom is -0.477 e. The lowest BCUT2D eigenvalue weighted by molar-refractivity contribution is 0.0692. The van der Waals surface area contributed by atoms with Gasteiger partial charge in [-0.15, -0.1) is 0 Å². The molecular weight excluding hydrogens is 310 g/mol. The number of carbonyl (C=O) groups is 1. The van der Waals surface area contributed by atoms with E-state index in [1.165, 1.54) is 0 Å². The fraction of sp³-hybridized carbons (Fsp3) is 0.143. The molecule has 1 aromatic heterocycles. The number of hydrogen-bond acceptors (Lipinski definition) is 3. The minimum absolute atomic E-state index is 0.0846. The molecule has 98 valence electrons. The summed E-state index contributed by atoms with van der Waals surface area (Å²) in [4.78, 5) is 15.5. The lowest BCUT2D eigenvalue weighted by Crippen LogP contribution is -2.06. The van der Waals surface area contributed by atoms with Crippen LogP contribution in [0.2, 0.25) is 0 Å². The monoisotopic (exact) mass is 321 g/mol. The molecule has 0 saturated heterocycles. The molecular formula is C14H12BrNO3. The summed E-state index contributed by atoms with van der Waals surface area (Å²) in [7, 11) is 0. The van der Waals surface area contributed by atoms with Crippen molar-refractivity contribution in [1.82, 2.24) is 4.98 Å². The molecule has 2 aromatic rings. The van der Waals surface area contributed by atoms with Crippen molar-refractivity contribution in [2.45, 2.75) is 13.8 Å². The molecule has 1 aromatic carbocycles. The highest BCUT2D eigenvalue weighted by molar-refractivity contribution is 9.10. The van der Waals surface area contributed by atoms with E-state index in [2.05, 4.69) is 20.9 Å². The standard InChI is InChI=1S/C14H12BrNO3/c1-8-7-9(2)16-13(12(8)14(17)18)19-11-6-4-3-5-10(11)15/h3-7H,1-2H3,(H,17,18). The van der Waals surface area contributed by atoms with E-state index in [1.807, 2.05) is 18.2 Å². The summed E-state index contributed by atoms with van der Waals surface area (Å²) in [5.41, 5.74) is 1.42. The first-order valence-electron chi connectivity index (χ1n) is 5.63. The lowest BCUT2D eigenvalue weighted by Gasteiger charge is -2.11. The van der Waals surface area contributed by atoms with Crippen LogP contribution in [-0.2, 0) is 0 Å². The van der Waals surface area contributed by atoms with E-state index in [1.54, 1.807) is 26.0 Å². The Morgan fingerprint density at radius 2 is 2.00 bits per heavy atom. The molecule has 2 rings (SSSR count). The van der Waals surface area contributed by atoms with Crippen molar-refractivity contribution < 1.29 is 14.6 Å². The van der Waals surface area contributed by atoms with E-state index in [-0.39, 0.29) is 11.4 Å². The van der Waals surface area contributed by atoms with Crippen molar-refractivity contribution in [2.24, 2.45) is 0 Å². The van der Waals surface area contributed by atoms with Crippen LogP contribution in [0.15, 0.2) is 34.8 Å². The number of para-hydroxylation sites is 1. The number of benzene rings is 1. The van der Waals surface area contributed by atoms with Crippen molar-refractivity contribution in [3.63, 3.8) is 0 Å². The Labute approximate surface area is 119 Å². The third kappa shape index (κ3) is 2.93. The number of hydrogen-bond donors (Lipinski definition) is 1. The van der Waals surface area contributed by atoms with E-state index in [0.29, 0.717) is 17.0 Å².